The minimum Gasteiger partial charge on any atom is -0.337 e. The molecule has 0 spiro atoms. The number of β-lactam (4-membered cyclic amide) rings is 1. The predicted molar refractivity (Wildman–Crippen MR) is 43.4 cm³/mol. The Hall–Kier alpha value is -0.580. The minimum absolute atomic E-state index is 0.00694. The molecular formula is C7H11NO3S. The molecule has 0 radical (unpaired) electrons. The maximum atomic E-state index is 11.2. The summed E-state index contributed by atoms with van der Waals surface area (Å²) in [6.07, 6.45) is 2.94. The molecule has 12 heavy (non-hydrogen) atoms. The van der Waals surface area contributed by atoms with E-state index in [1.54, 1.807) is 4.90 Å². The Labute approximate surface area is 71.5 Å². The molecule has 2 aliphatic rings. The summed E-state index contributed by atoms with van der Waals surface area (Å²) in [4.78, 5) is 12.9. The van der Waals surface area contributed by atoms with Crippen LogP contribution in [-0.4, -0.2) is 43.3 Å². The molecule has 2 saturated heterocycles. The third-order valence-corrected chi connectivity index (χ3v) is 4.07. The van der Waals surface area contributed by atoms with Crippen molar-refractivity contribution in [2.24, 2.45) is 0 Å². The number of sulfone groups is 1. The van der Waals surface area contributed by atoms with Crippen LogP contribution in [0.1, 0.15) is 12.8 Å². The maximum Gasteiger partial charge on any atom is 0.243 e. The van der Waals surface area contributed by atoms with Crippen molar-refractivity contribution >= 4 is 15.7 Å². The van der Waals surface area contributed by atoms with Gasteiger partial charge in [0.05, 0.1) is 6.04 Å². The van der Waals surface area contributed by atoms with Crippen LogP contribution in [0.2, 0.25) is 0 Å². The largest absolute Gasteiger partial charge is 0.337 e. The Balaban J connectivity index is 2.26. The normalized spacial score (nSPS) is 34.8. The summed E-state index contributed by atoms with van der Waals surface area (Å²) < 4.78 is 22.2. The van der Waals surface area contributed by atoms with Gasteiger partial charge in [-0.1, -0.05) is 0 Å². The van der Waals surface area contributed by atoms with Crippen molar-refractivity contribution in [3.8, 4) is 0 Å². The van der Waals surface area contributed by atoms with Crippen LogP contribution in [0, 0.1) is 0 Å². The van der Waals surface area contributed by atoms with Crippen LogP contribution >= 0.6 is 0 Å². The van der Waals surface area contributed by atoms with Gasteiger partial charge in [0.25, 0.3) is 0 Å². The fraction of sp³-hybridized carbons (Fsp3) is 0.857. The second-order valence-corrected chi connectivity index (χ2v) is 5.66. The Morgan fingerprint density at radius 1 is 1.50 bits per heavy atom. The molecule has 0 aromatic heterocycles. The molecule has 0 bridgehead atoms. The van der Waals surface area contributed by atoms with Gasteiger partial charge in [-0.15, -0.1) is 0 Å². The van der Waals surface area contributed by atoms with Crippen LogP contribution < -0.4 is 0 Å². The van der Waals surface area contributed by atoms with Crippen molar-refractivity contribution in [1.82, 2.24) is 4.90 Å². The van der Waals surface area contributed by atoms with Crippen molar-refractivity contribution in [3.63, 3.8) is 0 Å². The molecule has 2 rings (SSSR count). The van der Waals surface area contributed by atoms with E-state index < -0.39 is 15.1 Å². The number of hydrogen-bond acceptors (Lipinski definition) is 3. The number of carbonyl (C=O) groups excluding carboxylic acids is 1. The van der Waals surface area contributed by atoms with Gasteiger partial charge in [0, 0.05) is 12.8 Å². The highest BCUT2D eigenvalue weighted by atomic mass is 32.2. The van der Waals surface area contributed by atoms with Crippen LogP contribution in [0.4, 0.5) is 0 Å². The molecule has 1 amide bonds. The number of amides is 1. The Kier molecular flexibility index (Phi) is 1.49. The topological polar surface area (TPSA) is 54.5 Å². The molecule has 0 saturated carbocycles. The first kappa shape index (κ1) is 8.04. The molecule has 68 valence electrons. The molecule has 5 heteroatoms. The standard InChI is InChI=1S/C7H11NO3S/c1-12(10,11)6-5-3-2-4-8(5)7(6)9/h5-6H,2-4H2,1H3/t5-,6-/m0/s1. The second-order valence-electron chi connectivity index (χ2n) is 3.49. The predicted octanol–water partition coefficient (Wildman–Crippen LogP) is -0.596. The first-order chi connectivity index (χ1) is 5.52. The van der Waals surface area contributed by atoms with E-state index in [9.17, 15) is 13.2 Å². The van der Waals surface area contributed by atoms with E-state index >= 15 is 0 Å². The minimum atomic E-state index is -3.16. The lowest BCUT2D eigenvalue weighted by Gasteiger charge is -2.41. The van der Waals surface area contributed by atoms with Gasteiger partial charge in [-0.3, -0.25) is 4.79 Å². The fourth-order valence-electron chi connectivity index (χ4n) is 2.10. The van der Waals surface area contributed by atoms with Gasteiger partial charge in [-0.2, -0.15) is 0 Å². The zero-order chi connectivity index (χ0) is 8.93. The SMILES string of the molecule is CS(=O)(=O)[C@@H]1C(=O)N2CCC[C@@H]12. The first-order valence-corrected chi connectivity index (χ1v) is 5.96. The lowest BCUT2D eigenvalue weighted by molar-refractivity contribution is -0.141. The Bertz CT molecular complexity index is 322. The first-order valence-electron chi connectivity index (χ1n) is 4.01. The number of fused-ring (bicyclic) bond motifs is 1. The van der Waals surface area contributed by atoms with Gasteiger partial charge in [-0.25, -0.2) is 8.42 Å². The van der Waals surface area contributed by atoms with E-state index in [0.717, 1.165) is 25.6 Å². The summed E-state index contributed by atoms with van der Waals surface area (Å²) in [5.41, 5.74) is 0. The monoisotopic (exact) mass is 189 g/mol. The third-order valence-electron chi connectivity index (χ3n) is 2.64. The molecule has 0 aromatic rings. The van der Waals surface area contributed by atoms with Gasteiger partial charge in [-0.05, 0) is 12.8 Å². The van der Waals surface area contributed by atoms with Crippen molar-refractivity contribution < 1.29 is 13.2 Å². The third kappa shape index (κ3) is 0.888. The van der Waals surface area contributed by atoms with Crippen LogP contribution in [-0.2, 0) is 14.6 Å². The van der Waals surface area contributed by atoms with Gasteiger partial charge in [0.15, 0.2) is 15.1 Å². The quantitative estimate of drug-likeness (QED) is 0.518. The highest BCUT2D eigenvalue weighted by Gasteiger charge is 2.54. The highest BCUT2D eigenvalue weighted by molar-refractivity contribution is 7.92. The molecule has 2 atom stereocenters. The van der Waals surface area contributed by atoms with Gasteiger partial charge < -0.3 is 4.90 Å². The van der Waals surface area contributed by atoms with Gasteiger partial charge >= 0.3 is 0 Å². The number of rotatable bonds is 1. The molecule has 0 N–H and O–H groups in total. The molecule has 2 fully saturated rings. The average Bonchev–Trinajstić information content (AvgIpc) is 2.27. The van der Waals surface area contributed by atoms with E-state index in [1.165, 1.54) is 0 Å². The summed E-state index contributed by atoms with van der Waals surface area (Å²) in [5.74, 6) is -0.194. The average molecular weight is 189 g/mol. The summed E-state index contributed by atoms with van der Waals surface area (Å²) in [6.45, 7) is 0.746. The molecule has 0 aliphatic carbocycles. The second kappa shape index (κ2) is 2.22. The molecule has 2 aliphatic heterocycles. The van der Waals surface area contributed by atoms with Crippen molar-refractivity contribution in [2.75, 3.05) is 12.8 Å². The lowest BCUT2D eigenvalue weighted by Crippen LogP contribution is -2.64. The van der Waals surface area contributed by atoms with E-state index in [1.807, 2.05) is 0 Å². The highest BCUT2D eigenvalue weighted by Crippen LogP contribution is 2.34. The van der Waals surface area contributed by atoms with E-state index in [-0.39, 0.29) is 11.9 Å². The zero-order valence-corrected chi connectivity index (χ0v) is 7.67. The molecule has 4 nitrogen and oxygen atoms in total. The number of nitrogens with zero attached hydrogens (tertiary/aromatic N) is 1. The van der Waals surface area contributed by atoms with Crippen molar-refractivity contribution in [2.45, 2.75) is 24.1 Å². The summed E-state index contributed by atoms with van der Waals surface area (Å²) >= 11 is 0. The van der Waals surface area contributed by atoms with Crippen LogP contribution in [0.3, 0.4) is 0 Å². The number of carbonyl (C=O) groups is 1. The summed E-state index contributed by atoms with van der Waals surface area (Å²) in [7, 11) is -3.16. The van der Waals surface area contributed by atoms with Crippen LogP contribution in [0.15, 0.2) is 0 Å². The van der Waals surface area contributed by atoms with Crippen molar-refractivity contribution in [1.29, 1.82) is 0 Å². The van der Waals surface area contributed by atoms with Crippen molar-refractivity contribution in [3.05, 3.63) is 0 Å². The summed E-state index contributed by atoms with van der Waals surface area (Å²) in [6, 6.07) is -0.00694. The van der Waals surface area contributed by atoms with Gasteiger partial charge in [0.1, 0.15) is 0 Å². The lowest BCUT2D eigenvalue weighted by atomic mass is 10.0. The molecule has 2 heterocycles. The molecule has 0 aromatic carbocycles. The fourth-order valence-corrected chi connectivity index (χ4v) is 3.45. The smallest absolute Gasteiger partial charge is 0.243 e. The van der Waals surface area contributed by atoms with E-state index in [0.29, 0.717) is 0 Å². The Morgan fingerprint density at radius 2 is 2.17 bits per heavy atom. The Morgan fingerprint density at radius 3 is 2.75 bits per heavy atom. The van der Waals surface area contributed by atoms with Crippen LogP contribution in [0.25, 0.3) is 0 Å². The molecule has 0 unspecified atom stereocenters. The maximum absolute atomic E-state index is 11.2. The van der Waals surface area contributed by atoms with Gasteiger partial charge in [0.2, 0.25) is 5.91 Å². The molecular weight excluding hydrogens is 178 g/mol. The van der Waals surface area contributed by atoms with E-state index in [2.05, 4.69) is 0 Å². The summed E-state index contributed by atoms with van der Waals surface area (Å²) in [5, 5.41) is -0.722. The van der Waals surface area contributed by atoms with E-state index in [4.69, 9.17) is 0 Å². The zero-order valence-electron chi connectivity index (χ0n) is 6.86. The van der Waals surface area contributed by atoms with Crippen LogP contribution in [0.5, 0.6) is 0 Å². The number of hydrogen-bond donors (Lipinski definition) is 0.